The van der Waals surface area contributed by atoms with Crippen LogP contribution in [0.15, 0.2) is 6.07 Å². The van der Waals surface area contributed by atoms with Crippen LogP contribution in [0, 0.1) is 0 Å². The van der Waals surface area contributed by atoms with Crippen LogP contribution in [0.4, 0.5) is 0 Å². The van der Waals surface area contributed by atoms with Crippen LogP contribution in [0.25, 0.3) is 0 Å². The average molecular weight is 294 g/mol. The minimum atomic E-state index is 0.355. The summed E-state index contributed by atoms with van der Waals surface area (Å²) in [6.45, 7) is 5.32. The minimum absolute atomic E-state index is 0.355. The van der Waals surface area contributed by atoms with E-state index in [-0.39, 0.29) is 0 Å². The molecule has 0 spiro atoms. The lowest BCUT2D eigenvalue weighted by Gasteiger charge is -2.17. The van der Waals surface area contributed by atoms with Crippen molar-refractivity contribution in [1.29, 1.82) is 0 Å². The van der Waals surface area contributed by atoms with Crippen LogP contribution >= 0.6 is 34.5 Å². The molecular weight excluding hydrogens is 273 g/mol. The molecule has 1 rings (SSSR count). The number of hydrogen-bond donors (Lipinski definition) is 1. The van der Waals surface area contributed by atoms with Crippen molar-refractivity contribution in [2.45, 2.75) is 52.0 Å². The molecule has 0 fully saturated rings. The van der Waals surface area contributed by atoms with E-state index in [1.165, 1.54) is 42.6 Å². The second kappa shape index (κ2) is 8.36. The maximum absolute atomic E-state index is 6.21. The first-order chi connectivity index (χ1) is 8.19. The Bertz CT molecular complexity index is 325. The molecule has 1 heterocycles. The van der Waals surface area contributed by atoms with Gasteiger partial charge in [0.1, 0.15) is 0 Å². The van der Waals surface area contributed by atoms with E-state index >= 15 is 0 Å². The molecule has 0 bridgehead atoms. The molecule has 1 nitrogen and oxygen atoms in total. The van der Waals surface area contributed by atoms with Gasteiger partial charge in [0.2, 0.25) is 0 Å². The number of halogens is 2. The van der Waals surface area contributed by atoms with E-state index in [1.807, 2.05) is 6.07 Å². The van der Waals surface area contributed by atoms with Gasteiger partial charge in [0.15, 0.2) is 0 Å². The third-order valence-corrected chi connectivity index (χ3v) is 4.37. The summed E-state index contributed by atoms with van der Waals surface area (Å²) in [5.74, 6) is 0. The lowest BCUT2D eigenvalue weighted by molar-refractivity contribution is 0.483. The fraction of sp³-hybridized carbons (Fsp3) is 0.692. The van der Waals surface area contributed by atoms with Gasteiger partial charge >= 0.3 is 0 Å². The Morgan fingerprint density at radius 2 is 2.00 bits per heavy atom. The van der Waals surface area contributed by atoms with Gasteiger partial charge in [0, 0.05) is 11.6 Å². The molecule has 0 aliphatic rings. The highest BCUT2D eigenvalue weighted by molar-refractivity contribution is 7.20. The van der Waals surface area contributed by atoms with Crippen LogP contribution in [0.5, 0.6) is 0 Å². The van der Waals surface area contributed by atoms with E-state index in [9.17, 15) is 0 Å². The zero-order valence-electron chi connectivity index (χ0n) is 10.6. The SMILES string of the molecule is CCCCCCC(NCC)c1cc(Cl)sc1Cl. The second-order valence-electron chi connectivity index (χ2n) is 4.24. The average Bonchev–Trinajstić information content (AvgIpc) is 2.62. The molecule has 0 saturated carbocycles. The summed E-state index contributed by atoms with van der Waals surface area (Å²) in [5.41, 5.74) is 1.17. The van der Waals surface area contributed by atoms with Gasteiger partial charge in [-0.15, -0.1) is 11.3 Å². The Kier molecular flexibility index (Phi) is 7.52. The molecule has 0 aromatic carbocycles. The van der Waals surface area contributed by atoms with E-state index in [0.29, 0.717) is 6.04 Å². The van der Waals surface area contributed by atoms with Crippen LogP contribution in [0.1, 0.15) is 57.6 Å². The first kappa shape index (κ1) is 15.3. The van der Waals surface area contributed by atoms with Crippen LogP contribution in [-0.2, 0) is 0 Å². The fourth-order valence-corrected chi connectivity index (χ4v) is 3.56. The number of rotatable bonds is 8. The summed E-state index contributed by atoms with van der Waals surface area (Å²) in [5, 5.41) is 3.49. The Morgan fingerprint density at radius 1 is 1.24 bits per heavy atom. The highest BCUT2D eigenvalue weighted by Gasteiger charge is 2.16. The molecule has 17 heavy (non-hydrogen) atoms. The number of thiophene rings is 1. The number of nitrogens with one attached hydrogen (secondary N) is 1. The van der Waals surface area contributed by atoms with Gasteiger partial charge in [-0.2, -0.15) is 0 Å². The van der Waals surface area contributed by atoms with E-state index < -0.39 is 0 Å². The maximum Gasteiger partial charge on any atom is 0.0991 e. The normalized spacial score (nSPS) is 12.9. The Balaban J connectivity index is 2.55. The lowest BCUT2D eigenvalue weighted by Crippen LogP contribution is -2.20. The largest absolute Gasteiger partial charge is 0.310 e. The monoisotopic (exact) mass is 293 g/mol. The minimum Gasteiger partial charge on any atom is -0.310 e. The zero-order valence-corrected chi connectivity index (χ0v) is 12.9. The van der Waals surface area contributed by atoms with Gasteiger partial charge in [-0.25, -0.2) is 0 Å². The van der Waals surface area contributed by atoms with Crippen molar-refractivity contribution >= 4 is 34.5 Å². The first-order valence-corrected chi connectivity index (χ1v) is 7.94. The van der Waals surface area contributed by atoms with E-state index in [4.69, 9.17) is 23.2 Å². The smallest absolute Gasteiger partial charge is 0.0991 e. The molecule has 1 unspecified atom stereocenters. The van der Waals surface area contributed by atoms with E-state index in [0.717, 1.165) is 21.6 Å². The third kappa shape index (κ3) is 5.17. The molecular formula is C13H21Cl2NS. The second-order valence-corrected chi connectivity index (χ2v) is 6.52. The Labute approximate surface area is 119 Å². The standard InChI is InChI=1S/C13H21Cl2NS/c1-3-5-6-7-8-11(16-4-2)10-9-12(14)17-13(10)15/h9,11,16H,3-8H2,1-2H3. The molecule has 0 radical (unpaired) electrons. The predicted octanol–water partition coefficient (Wildman–Crippen LogP) is 5.68. The van der Waals surface area contributed by atoms with Gasteiger partial charge in [-0.1, -0.05) is 62.7 Å². The van der Waals surface area contributed by atoms with Crippen molar-refractivity contribution in [3.63, 3.8) is 0 Å². The molecule has 0 saturated heterocycles. The predicted molar refractivity (Wildman–Crippen MR) is 79.5 cm³/mol. The van der Waals surface area contributed by atoms with Crippen molar-refractivity contribution in [1.82, 2.24) is 5.32 Å². The van der Waals surface area contributed by atoms with Gasteiger partial charge in [-0.3, -0.25) is 0 Å². The molecule has 1 N–H and O–H groups in total. The summed E-state index contributed by atoms with van der Waals surface area (Å²) >= 11 is 13.7. The Morgan fingerprint density at radius 3 is 2.53 bits per heavy atom. The molecule has 0 aliphatic carbocycles. The topological polar surface area (TPSA) is 12.0 Å². The van der Waals surface area contributed by atoms with Crippen molar-refractivity contribution in [3.8, 4) is 0 Å². The first-order valence-electron chi connectivity index (χ1n) is 6.37. The highest BCUT2D eigenvalue weighted by atomic mass is 35.5. The lowest BCUT2D eigenvalue weighted by atomic mass is 10.0. The quantitative estimate of drug-likeness (QED) is 0.608. The summed E-state index contributed by atoms with van der Waals surface area (Å²) in [6.07, 6.45) is 6.28. The maximum atomic E-state index is 6.21. The van der Waals surface area contributed by atoms with E-state index in [1.54, 1.807) is 0 Å². The van der Waals surface area contributed by atoms with Gasteiger partial charge in [0.05, 0.1) is 8.67 Å². The number of unbranched alkanes of at least 4 members (excludes halogenated alkanes) is 3. The van der Waals surface area contributed by atoms with Crippen LogP contribution < -0.4 is 5.32 Å². The van der Waals surface area contributed by atoms with Crippen molar-refractivity contribution in [3.05, 3.63) is 20.3 Å². The fourth-order valence-electron chi connectivity index (χ4n) is 1.98. The molecule has 1 aromatic heterocycles. The number of hydrogen-bond acceptors (Lipinski definition) is 2. The van der Waals surface area contributed by atoms with Crippen molar-refractivity contribution < 1.29 is 0 Å². The van der Waals surface area contributed by atoms with E-state index in [2.05, 4.69) is 19.2 Å². The van der Waals surface area contributed by atoms with Crippen molar-refractivity contribution in [2.24, 2.45) is 0 Å². The van der Waals surface area contributed by atoms with Crippen LogP contribution in [-0.4, -0.2) is 6.54 Å². The van der Waals surface area contributed by atoms with Crippen LogP contribution in [0.3, 0.4) is 0 Å². The van der Waals surface area contributed by atoms with Crippen molar-refractivity contribution in [2.75, 3.05) is 6.54 Å². The van der Waals surface area contributed by atoms with Gasteiger partial charge in [0.25, 0.3) is 0 Å². The summed E-state index contributed by atoms with van der Waals surface area (Å²) in [6, 6.07) is 2.36. The molecule has 4 heteroatoms. The highest BCUT2D eigenvalue weighted by Crippen LogP contribution is 2.36. The third-order valence-electron chi connectivity index (χ3n) is 2.86. The summed E-state index contributed by atoms with van der Waals surface area (Å²) in [7, 11) is 0. The molecule has 0 amide bonds. The van der Waals surface area contributed by atoms with Gasteiger partial charge in [-0.05, 0) is 19.0 Å². The molecule has 0 aliphatic heterocycles. The summed E-state index contributed by atoms with van der Waals surface area (Å²) in [4.78, 5) is 0. The Hall–Kier alpha value is 0.240. The van der Waals surface area contributed by atoms with Gasteiger partial charge < -0.3 is 5.32 Å². The molecule has 98 valence electrons. The zero-order chi connectivity index (χ0) is 12.7. The van der Waals surface area contributed by atoms with Crippen LogP contribution in [0.2, 0.25) is 8.67 Å². The summed E-state index contributed by atoms with van der Waals surface area (Å²) < 4.78 is 1.61. The molecule has 1 atom stereocenters. The molecule has 1 aromatic rings.